The number of anilines is 1. The first-order valence-corrected chi connectivity index (χ1v) is 8.13. The van der Waals surface area contributed by atoms with Crippen molar-refractivity contribution >= 4 is 38.3 Å². The Labute approximate surface area is 131 Å². The molecule has 1 heterocycles. The molecule has 0 atom stereocenters. The summed E-state index contributed by atoms with van der Waals surface area (Å²) in [5, 5.41) is 3.53. The summed E-state index contributed by atoms with van der Waals surface area (Å²) >= 11 is 5.07. The molecule has 0 aliphatic rings. The third-order valence-electron chi connectivity index (χ3n) is 2.72. The first-order chi connectivity index (χ1) is 9.54. The van der Waals surface area contributed by atoms with Gasteiger partial charge in [0.05, 0.1) is 0 Å². The Hall–Kier alpha value is -1.20. The SMILES string of the molecule is CC(C)CC(=O)Nc1ncc(Cc2ccccc2Br)s1. The zero-order valence-corrected chi connectivity index (χ0v) is 13.9. The number of nitrogens with one attached hydrogen (secondary N) is 1. The van der Waals surface area contributed by atoms with Crippen LogP contribution in [-0.4, -0.2) is 10.9 Å². The van der Waals surface area contributed by atoms with Gasteiger partial charge in [-0.05, 0) is 17.5 Å². The molecule has 2 aromatic rings. The lowest BCUT2D eigenvalue weighted by atomic mass is 10.1. The lowest BCUT2D eigenvalue weighted by Gasteiger charge is -2.03. The van der Waals surface area contributed by atoms with Gasteiger partial charge < -0.3 is 5.32 Å². The van der Waals surface area contributed by atoms with Gasteiger partial charge in [-0.2, -0.15) is 0 Å². The monoisotopic (exact) mass is 352 g/mol. The second kappa shape index (κ2) is 6.99. The summed E-state index contributed by atoms with van der Waals surface area (Å²) in [4.78, 5) is 17.1. The zero-order valence-electron chi connectivity index (χ0n) is 11.5. The van der Waals surface area contributed by atoms with Gasteiger partial charge in [0.2, 0.25) is 5.91 Å². The Bertz CT molecular complexity index is 595. The number of thiazole rings is 1. The normalized spacial score (nSPS) is 10.8. The number of aromatic nitrogens is 1. The average Bonchev–Trinajstić information content (AvgIpc) is 2.78. The number of halogens is 1. The van der Waals surface area contributed by atoms with Crippen LogP contribution in [0.1, 0.15) is 30.7 Å². The van der Waals surface area contributed by atoms with E-state index in [0.717, 1.165) is 15.8 Å². The Morgan fingerprint density at radius 3 is 2.85 bits per heavy atom. The summed E-state index contributed by atoms with van der Waals surface area (Å²) < 4.78 is 1.10. The molecule has 1 aromatic carbocycles. The van der Waals surface area contributed by atoms with Crippen LogP contribution in [0.25, 0.3) is 0 Å². The number of amides is 1. The third-order valence-corrected chi connectivity index (χ3v) is 4.40. The molecule has 0 radical (unpaired) electrons. The molecular weight excluding hydrogens is 336 g/mol. The molecule has 1 aromatic heterocycles. The highest BCUT2D eigenvalue weighted by Gasteiger charge is 2.09. The second-order valence-electron chi connectivity index (χ2n) is 5.05. The first kappa shape index (κ1) is 15.2. The van der Waals surface area contributed by atoms with Crippen LogP contribution in [0, 0.1) is 5.92 Å². The van der Waals surface area contributed by atoms with Crippen molar-refractivity contribution in [2.75, 3.05) is 5.32 Å². The van der Waals surface area contributed by atoms with Crippen LogP contribution < -0.4 is 5.32 Å². The summed E-state index contributed by atoms with van der Waals surface area (Å²) in [7, 11) is 0. The molecule has 2 rings (SSSR count). The van der Waals surface area contributed by atoms with Crippen molar-refractivity contribution in [1.29, 1.82) is 0 Å². The minimum atomic E-state index is 0.0294. The second-order valence-corrected chi connectivity index (χ2v) is 7.02. The van der Waals surface area contributed by atoms with E-state index in [1.807, 2.05) is 38.2 Å². The van der Waals surface area contributed by atoms with Crippen molar-refractivity contribution in [1.82, 2.24) is 4.98 Å². The summed E-state index contributed by atoms with van der Waals surface area (Å²) in [6, 6.07) is 8.13. The minimum Gasteiger partial charge on any atom is -0.302 e. The van der Waals surface area contributed by atoms with Crippen molar-refractivity contribution in [2.45, 2.75) is 26.7 Å². The maximum absolute atomic E-state index is 11.7. The van der Waals surface area contributed by atoms with Gasteiger partial charge in [0.1, 0.15) is 0 Å². The predicted molar refractivity (Wildman–Crippen MR) is 87.1 cm³/mol. The molecule has 0 spiro atoms. The Kier molecular flexibility index (Phi) is 5.31. The van der Waals surface area contributed by atoms with E-state index in [2.05, 4.69) is 32.3 Å². The van der Waals surface area contributed by atoms with E-state index in [1.165, 1.54) is 16.9 Å². The van der Waals surface area contributed by atoms with Crippen LogP contribution in [0.4, 0.5) is 5.13 Å². The van der Waals surface area contributed by atoms with E-state index >= 15 is 0 Å². The van der Waals surface area contributed by atoms with Crippen LogP contribution in [0.2, 0.25) is 0 Å². The summed E-state index contributed by atoms with van der Waals surface area (Å²) in [5.41, 5.74) is 1.22. The molecule has 0 aliphatic heterocycles. The molecule has 20 heavy (non-hydrogen) atoms. The van der Waals surface area contributed by atoms with Crippen LogP contribution in [0.5, 0.6) is 0 Å². The number of hydrogen-bond acceptors (Lipinski definition) is 3. The lowest BCUT2D eigenvalue weighted by Crippen LogP contribution is -2.13. The van der Waals surface area contributed by atoms with E-state index in [9.17, 15) is 4.79 Å². The summed E-state index contributed by atoms with van der Waals surface area (Å²) in [6.07, 6.45) is 3.17. The molecule has 0 saturated heterocycles. The van der Waals surface area contributed by atoms with E-state index < -0.39 is 0 Å². The Morgan fingerprint density at radius 1 is 1.40 bits per heavy atom. The van der Waals surface area contributed by atoms with Gasteiger partial charge in [-0.1, -0.05) is 48.0 Å². The van der Waals surface area contributed by atoms with Gasteiger partial charge >= 0.3 is 0 Å². The highest BCUT2D eigenvalue weighted by Crippen LogP contribution is 2.25. The predicted octanol–water partition coefficient (Wildman–Crippen LogP) is 4.48. The number of rotatable bonds is 5. The average molecular weight is 353 g/mol. The number of hydrogen-bond donors (Lipinski definition) is 1. The maximum Gasteiger partial charge on any atom is 0.226 e. The van der Waals surface area contributed by atoms with Gasteiger partial charge in [0.25, 0.3) is 0 Å². The zero-order chi connectivity index (χ0) is 14.5. The smallest absolute Gasteiger partial charge is 0.226 e. The number of carbonyl (C=O) groups excluding carboxylic acids is 1. The van der Waals surface area contributed by atoms with Crippen molar-refractivity contribution in [3.63, 3.8) is 0 Å². The van der Waals surface area contributed by atoms with Crippen molar-refractivity contribution in [3.05, 3.63) is 45.4 Å². The highest BCUT2D eigenvalue weighted by molar-refractivity contribution is 9.10. The lowest BCUT2D eigenvalue weighted by molar-refractivity contribution is -0.116. The molecular formula is C15H17BrN2OS. The minimum absolute atomic E-state index is 0.0294. The molecule has 1 N–H and O–H groups in total. The van der Waals surface area contributed by atoms with Crippen LogP contribution in [0.3, 0.4) is 0 Å². The molecule has 0 aliphatic carbocycles. The topological polar surface area (TPSA) is 42.0 Å². The van der Waals surface area contributed by atoms with Gasteiger partial charge in [-0.25, -0.2) is 4.98 Å². The van der Waals surface area contributed by atoms with Gasteiger partial charge in [-0.3, -0.25) is 4.79 Å². The quantitative estimate of drug-likeness (QED) is 0.861. The van der Waals surface area contributed by atoms with Crippen LogP contribution >= 0.6 is 27.3 Å². The Morgan fingerprint density at radius 2 is 2.15 bits per heavy atom. The van der Waals surface area contributed by atoms with E-state index in [1.54, 1.807) is 0 Å². The number of nitrogens with zero attached hydrogens (tertiary/aromatic N) is 1. The fourth-order valence-corrected chi connectivity index (χ4v) is 3.09. The van der Waals surface area contributed by atoms with E-state index in [0.29, 0.717) is 17.5 Å². The molecule has 0 bridgehead atoms. The maximum atomic E-state index is 11.7. The summed E-state index contributed by atoms with van der Waals surface area (Å²) in [5.74, 6) is 0.386. The van der Waals surface area contributed by atoms with E-state index in [4.69, 9.17) is 0 Å². The molecule has 1 amide bonds. The van der Waals surface area contributed by atoms with Crippen molar-refractivity contribution in [3.8, 4) is 0 Å². The van der Waals surface area contributed by atoms with Crippen LogP contribution in [-0.2, 0) is 11.2 Å². The molecule has 0 fully saturated rings. The molecule has 3 nitrogen and oxygen atoms in total. The van der Waals surface area contributed by atoms with Crippen LogP contribution in [0.15, 0.2) is 34.9 Å². The van der Waals surface area contributed by atoms with Gasteiger partial charge in [0.15, 0.2) is 5.13 Å². The fraction of sp³-hybridized carbons (Fsp3) is 0.333. The van der Waals surface area contributed by atoms with Gasteiger partial charge in [0, 0.05) is 28.4 Å². The standard InChI is InChI=1S/C15H17BrN2OS/c1-10(2)7-14(19)18-15-17-9-12(20-15)8-11-5-3-4-6-13(11)16/h3-6,9-10H,7-8H2,1-2H3,(H,17,18,19). The molecule has 0 saturated carbocycles. The summed E-state index contributed by atoms with van der Waals surface area (Å²) in [6.45, 7) is 4.06. The third kappa shape index (κ3) is 4.42. The largest absolute Gasteiger partial charge is 0.302 e. The molecule has 5 heteroatoms. The van der Waals surface area contributed by atoms with Crippen molar-refractivity contribution < 1.29 is 4.79 Å². The fourth-order valence-electron chi connectivity index (χ4n) is 1.82. The molecule has 0 unspecified atom stereocenters. The Balaban J connectivity index is 1.99. The number of carbonyl (C=O) groups is 1. The first-order valence-electron chi connectivity index (χ1n) is 6.52. The highest BCUT2D eigenvalue weighted by atomic mass is 79.9. The number of benzene rings is 1. The van der Waals surface area contributed by atoms with Crippen molar-refractivity contribution in [2.24, 2.45) is 5.92 Å². The van der Waals surface area contributed by atoms with Gasteiger partial charge in [-0.15, -0.1) is 11.3 Å². The van der Waals surface area contributed by atoms with E-state index in [-0.39, 0.29) is 5.91 Å². The molecule has 106 valence electrons.